The van der Waals surface area contributed by atoms with E-state index in [9.17, 15) is 18.0 Å². The van der Waals surface area contributed by atoms with Crippen LogP contribution in [0.2, 0.25) is 0 Å². The van der Waals surface area contributed by atoms with Crippen LogP contribution in [0.3, 0.4) is 0 Å². The molecule has 1 aromatic heterocycles. The van der Waals surface area contributed by atoms with Crippen molar-refractivity contribution in [1.82, 2.24) is 15.2 Å². The van der Waals surface area contributed by atoms with Crippen molar-refractivity contribution < 1.29 is 22.4 Å². The van der Waals surface area contributed by atoms with Crippen LogP contribution < -0.4 is 5.32 Å². The maximum absolute atomic E-state index is 12.5. The maximum Gasteiger partial charge on any atom is 0.451 e. The second-order valence-electron chi connectivity index (χ2n) is 6.93. The predicted molar refractivity (Wildman–Crippen MR) is 92.5 cm³/mol. The van der Waals surface area contributed by atoms with Gasteiger partial charge in [-0.1, -0.05) is 0 Å². The summed E-state index contributed by atoms with van der Waals surface area (Å²) in [6.07, 6.45) is -1.67. The van der Waals surface area contributed by atoms with Crippen molar-refractivity contribution in [3.05, 3.63) is 41.8 Å². The number of piperidine rings is 1. The highest BCUT2D eigenvalue weighted by Crippen LogP contribution is 2.34. The zero-order chi connectivity index (χ0) is 19.0. The average molecular weight is 397 g/mol. The number of halogens is 3. The third kappa shape index (κ3) is 4.30. The van der Waals surface area contributed by atoms with Gasteiger partial charge in [-0.2, -0.15) is 13.2 Å². The van der Waals surface area contributed by atoms with E-state index < -0.39 is 11.9 Å². The summed E-state index contributed by atoms with van der Waals surface area (Å²) in [6, 6.07) is 6.82. The van der Waals surface area contributed by atoms with E-state index in [0.717, 1.165) is 37.8 Å². The summed E-state index contributed by atoms with van der Waals surface area (Å²) in [5, 5.41) is 2.99. The van der Waals surface area contributed by atoms with E-state index in [0.29, 0.717) is 22.6 Å². The van der Waals surface area contributed by atoms with Crippen LogP contribution in [0.1, 0.15) is 29.0 Å². The molecule has 2 aromatic rings. The van der Waals surface area contributed by atoms with Crippen molar-refractivity contribution in [2.75, 3.05) is 19.6 Å². The summed E-state index contributed by atoms with van der Waals surface area (Å²) < 4.78 is 42.3. The van der Waals surface area contributed by atoms with Crippen molar-refractivity contribution in [2.45, 2.75) is 35.2 Å². The Morgan fingerprint density at radius 1 is 1.26 bits per heavy atom. The summed E-state index contributed by atoms with van der Waals surface area (Å²) >= 11 is 0.973. The third-order valence-electron chi connectivity index (χ3n) is 4.89. The molecule has 3 atom stereocenters. The number of amides is 1. The molecule has 2 bridgehead atoms. The Bertz CT molecular complexity index is 810. The fraction of sp³-hybridized carbons (Fsp3) is 0.444. The van der Waals surface area contributed by atoms with Crippen molar-refractivity contribution in [3.8, 4) is 0 Å². The molecule has 2 fully saturated rings. The second kappa shape index (κ2) is 7.20. The monoisotopic (exact) mass is 397 g/mol. The first-order chi connectivity index (χ1) is 12.9. The first-order valence-corrected chi connectivity index (χ1v) is 9.52. The van der Waals surface area contributed by atoms with Crippen LogP contribution in [0.4, 0.5) is 13.2 Å². The maximum atomic E-state index is 12.5. The van der Waals surface area contributed by atoms with Crippen LogP contribution in [0.15, 0.2) is 45.0 Å². The predicted octanol–water partition coefficient (Wildman–Crippen LogP) is 3.67. The number of hydrogen-bond donors (Lipinski definition) is 1. The number of hydrogen-bond acceptors (Lipinski definition) is 5. The zero-order valence-corrected chi connectivity index (χ0v) is 15.1. The van der Waals surface area contributed by atoms with E-state index >= 15 is 0 Å². The minimum absolute atomic E-state index is 0.0914. The van der Waals surface area contributed by atoms with Gasteiger partial charge in [0, 0.05) is 29.6 Å². The summed E-state index contributed by atoms with van der Waals surface area (Å²) in [7, 11) is 0. The quantitative estimate of drug-likeness (QED) is 0.853. The molecule has 0 aliphatic carbocycles. The lowest BCUT2D eigenvalue weighted by Crippen LogP contribution is -2.47. The smallest absolute Gasteiger partial charge is 0.427 e. The standard InChI is InChI=1S/C18H18F3N3O2S/c19-18(20,21)15-8-22-17(26-15)27-14-3-1-12(2-4-14)16(25)23-13-7-11-5-6-24(9-11)10-13/h1-4,8,11,13H,5-7,9-10H2,(H,23,25)/t11-,13+/m0/s1. The summed E-state index contributed by atoms with van der Waals surface area (Å²) in [5.41, 5.74) is 0.524. The Hall–Kier alpha value is -2.00. The SMILES string of the molecule is O=C(N[C@@H]1C[C@@H]2CCN(C2)C1)c1ccc(Sc2ncc(C(F)(F)F)o2)cc1. The lowest BCUT2D eigenvalue weighted by molar-refractivity contribution is -0.154. The van der Waals surface area contributed by atoms with E-state index in [1.807, 2.05) is 0 Å². The first kappa shape index (κ1) is 18.4. The molecule has 2 saturated heterocycles. The average Bonchev–Trinajstić information content (AvgIpc) is 3.22. The molecule has 0 saturated carbocycles. The van der Waals surface area contributed by atoms with Crippen LogP contribution in [0.5, 0.6) is 0 Å². The molecule has 9 heteroatoms. The number of fused-ring (bicyclic) bond motifs is 2. The van der Waals surface area contributed by atoms with Gasteiger partial charge in [0.1, 0.15) is 0 Å². The van der Waals surface area contributed by atoms with Gasteiger partial charge < -0.3 is 14.6 Å². The molecule has 0 radical (unpaired) electrons. The molecule has 3 heterocycles. The van der Waals surface area contributed by atoms with Gasteiger partial charge in [0.15, 0.2) is 0 Å². The molecule has 144 valence electrons. The molecule has 2 aliphatic heterocycles. The number of benzene rings is 1. The Balaban J connectivity index is 1.35. The van der Waals surface area contributed by atoms with E-state index in [2.05, 4.69) is 15.2 Å². The van der Waals surface area contributed by atoms with Crippen LogP contribution in [0, 0.1) is 5.92 Å². The number of rotatable bonds is 4. The molecule has 27 heavy (non-hydrogen) atoms. The molecule has 1 N–H and O–H groups in total. The third-order valence-corrected chi connectivity index (χ3v) is 5.76. The van der Waals surface area contributed by atoms with Gasteiger partial charge in [0.2, 0.25) is 5.76 Å². The van der Waals surface area contributed by atoms with Gasteiger partial charge in [-0.05, 0) is 61.3 Å². The topological polar surface area (TPSA) is 58.4 Å². The minimum atomic E-state index is -4.55. The van der Waals surface area contributed by atoms with Gasteiger partial charge in [0.05, 0.1) is 6.20 Å². The van der Waals surface area contributed by atoms with Gasteiger partial charge in [-0.15, -0.1) is 0 Å². The highest BCUT2D eigenvalue weighted by Gasteiger charge is 2.36. The van der Waals surface area contributed by atoms with E-state index in [1.54, 1.807) is 24.3 Å². The van der Waals surface area contributed by atoms with Crippen LogP contribution in [-0.2, 0) is 6.18 Å². The van der Waals surface area contributed by atoms with E-state index in [1.165, 1.54) is 6.42 Å². The molecule has 1 unspecified atom stereocenters. The van der Waals surface area contributed by atoms with E-state index in [-0.39, 0.29) is 17.2 Å². The first-order valence-electron chi connectivity index (χ1n) is 8.71. The highest BCUT2D eigenvalue weighted by atomic mass is 32.2. The van der Waals surface area contributed by atoms with Gasteiger partial charge in [0.25, 0.3) is 11.1 Å². The number of oxazole rings is 1. The summed E-state index contributed by atoms with van der Waals surface area (Å²) in [6.45, 7) is 3.14. The second-order valence-corrected chi connectivity index (χ2v) is 7.96. The van der Waals surface area contributed by atoms with Crippen molar-refractivity contribution >= 4 is 17.7 Å². The number of carbonyl (C=O) groups excluding carboxylic acids is 1. The summed E-state index contributed by atoms with van der Waals surface area (Å²) in [5.74, 6) is -0.585. The van der Waals surface area contributed by atoms with Crippen LogP contribution >= 0.6 is 11.8 Å². The number of nitrogens with zero attached hydrogens (tertiary/aromatic N) is 2. The van der Waals surface area contributed by atoms with Crippen LogP contribution in [-0.4, -0.2) is 41.5 Å². The lowest BCUT2D eigenvalue weighted by Gasteiger charge is -2.30. The van der Waals surface area contributed by atoms with E-state index in [4.69, 9.17) is 4.42 Å². The Kier molecular flexibility index (Phi) is 4.90. The normalized spacial score (nSPS) is 24.8. The fourth-order valence-corrected chi connectivity index (χ4v) is 4.36. The number of aromatic nitrogens is 1. The molecule has 0 spiro atoms. The Labute approximate surface area is 158 Å². The van der Waals surface area contributed by atoms with Crippen molar-refractivity contribution in [1.29, 1.82) is 0 Å². The largest absolute Gasteiger partial charge is 0.451 e. The molecule has 2 aliphatic rings. The van der Waals surface area contributed by atoms with Gasteiger partial charge >= 0.3 is 6.18 Å². The molecule has 1 amide bonds. The zero-order valence-electron chi connectivity index (χ0n) is 14.3. The van der Waals surface area contributed by atoms with Crippen molar-refractivity contribution in [2.24, 2.45) is 5.92 Å². The molecule has 4 rings (SSSR count). The van der Waals surface area contributed by atoms with Gasteiger partial charge in [-0.25, -0.2) is 4.98 Å². The summed E-state index contributed by atoms with van der Waals surface area (Å²) in [4.78, 5) is 19.1. The molecular formula is C18H18F3N3O2S. The highest BCUT2D eigenvalue weighted by molar-refractivity contribution is 7.99. The number of carbonyl (C=O) groups is 1. The lowest BCUT2D eigenvalue weighted by atomic mass is 9.96. The fourth-order valence-electron chi connectivity index (χ4n) is 3.64. The van der Waals surface area contributed by atoms with Crippen molar-refractivity contribution in [3.63, 3.8) is 0 Å². The Morgan fingerprint density at radius 2 is 2.04 bits per heavy atom. The Morgan fingerprint density at radius 3 is 2.70 bits per heavy atom. The molecule has 5 nitrogen and oxygen atoms in total. The number of alkyl halides is 3. The van der Waals surface area contributed by atoms with Crippen LogP contribution in [0.25, 0.3) is 0 Å². The molecular weight excluding hydrogens is 379 g/mol. The number of nitrogens with one attached hydrogen (secondary N) is 1. The molecule has 1 aromatic carbocycles. The van der Waals surface area contributed by atoms with Gasteiger partial charge in [-0.3, -0.25) is 4.79 Å². The minimum Gasteiger partial charge on any atom is -0.427 e.